The number of rotatable bonds is 4. The van der Waals surface area contributed by atoms with E-state index in [2.05, 4.69) is 0 Å². The number of nitrogens with zero attached hydrogens (tertiary/aromatic N) is 2. The Balaban J connectivity index is 1.46. The molecule has 176 valence electrons. The van der Waals surface area contributed by atoms with E-state index in [0.29, 0.717) is 25.1 Å². The highest BCUT2D eigenvalue weighted by Gasteiger charge is 2.33. The highest BCUT2D eigenvalue weighted by Crippen LogP contribution is 2.38. The zero-order chi connectivity index (χ0) is 23.8. The topological polar surface area (TPSA) is 81.9 Å². The fourth-order valence-electron chi connectivity index (χ4n) is 4.94. The number of pyridine rings is 1. The van der Waals surface area contributed by atoms with Crippen molar-refractivity contribution in [2.75, 3.05) is 13.1 Å². The molecule has 7 nitrogen and oxygen atoms in total. The number of carbonyl (C=O) groups is 2. The lowest BCUT2D eigenvalue weighted by Gasteiger charge is -2.36. The first-order valence-corrected chi connectivity index (χ1v) is 11.7. The third-order valence-corrected chi connectivity index (χ3v) is 6.37. The normalized spacial score (nSPS) is 22.1. The third-order valence-electron chi connectivity index (χ3n) is 6.37. The number of hydrogen-bond acceptors (Lipinski definition) is 6. The SMILES string of the molecule is CC1CN(C(=O)C(C)OC(=O)c2c3c(nc4ccccc24)/C(=C/c2ccco2)CC3)CC(C)O1. The van der Waals surface area contributed by atoms with Gasteiger partial charge in [-0.1, -0.05) is 18.2 Å². The van der Waals surface area contributed by atoms with Gasteiger partial charge in [0.15, 0.2) is 6.10 Å². The molecular formula is C27H28N2O5. The molecule has 3 atom stereocenters. The first-order chi connectivity index (χ1) is 16.4. The molecule has 5 rings (SSSR count). The van der Waals surface area contributed by atoms with Gasteiger partial charge in [-0.25, -0.2) is 9.78 Å². The molecule has 0 spiro atoms. The number of allylic oxidation sites excluding steroid dienone is 1. The Hall–Kier alpha value is -3.45. The minimum absolute atomic E-state index is 0.0533. The minimum Gasteiger partial charge on any atom is -0.465 e. The summed E-state index contributed by atoms with van der Waals surface area (Å²) in [6, 6.07) is 11.3. The molecule has 2 aliphatic rings. The van der Waals surface area contributed by atoms with E-state index in [1.54, 1.807) is 18.1 Å². The molecule has 1 aromatic carbocycles. The van der Waals surface area contributed by atoms with Gasteiger partial charge in [-0.3, -0.25) is 4.79 Å². The third kappa shape index (κ3) is 4.23. The first kappa shape index (κ1) is 22.3. The van der Waals surface area contributed by atoms with Crippen molar-refractivity contribution in [1.29, 1.82) is 0 Å². The molecular weight excluding hydrogens is 432 g/mol. The summed E-state index contributed by atoms with van der Waals surface area (Å²) in [6.07, 6.45) is 4.02. The van der Waals surface area contributed by atoms with E-state index >= 15 is 0 Å². The van der Waals surface area contributed by atoms with Gasteiger partial charge in [-0.2, -0.15) is 0 Å². The monoisotopic (exact) mass is 460 g/mol. The van der Waals surface area contributed by atoms with Crippen molar-refractivity contribution in [1.82, 2.24) is 9.88 Å². The van der Waals surface area contributed by atoms with Gasteiger partial charge in [0.1, 0.15) is 5.76 Å². The maximum absolute atomic E-state index is 13.5. The summed E-state index contributed by atoms with van der Waals surface area (Å²) in [4.78, 5) is 33.1. The highest BCUT2D eigenvalue weighted by molar-refractivity contribution is 6.07. The van der Waals surface area contributed by atoms with E-state index in [9.17, 15) is 9.59 Å². The number of morpholine rings is 1. The van der Waals surface area contributed by atoms with Gasteiger partial charge in [0.25, 0.3) is 5.91 Å². The average molecular weight is 461 g/mol. The van der Waals surface area contributed by atoms with Crippen LogP contribution in [-0.2, 0) is 20.7 Å². The number of ether oxygens (including phenoxy) is 2. The Labute approximate surface area is 198 Å². The van der Waals surface area contributed by atoms with Crippen molar-refractivity contribution >= 4 is 34.4 Å². The fraction of sp³-hybridized carbons (Fsp3) is 0.370. The predicted molar refractivity (Wildman–Crippen MR) is 128 cm³/mol. The number of fused-ring (bicyclic) bond motifs is 2. The van der Waals surface area contributed by atoms with Crippen LogP contribution in [-0.4, -0.2) is 53.2 Å². The molecule has 0 bridgehead atoms. The highest BCUT2D eigenvalue weighted by atomic mass is 16.5. The van der Waals surface area contributed by atoms with Crippen molar-refractivity contribution in [3.8, 4) is 0 Å². The molecule has 1 aliphatic carbocycles. The van der Waals surface area contributed by atoms with E-state index in [1.807, 2.05) is 56.3 Å². The van der Waals surface area contributed by atoms with E-state index in [0.717, 1.165) is 39.9 Å². The number of hydrogen-bond donors (Lipinski definition) is 0. The van der Waals surface area contributed by atoms with Crippen LogP contribution in [0.15, 0.2) is 47.1 Å². The van der Waals surface area contributed by atoms with Crippen LogP contribution < -0.4 is 0 Å². The average Bonchev–Trinajstić information content (AvgIpc) is 3.46. The standard InChI is InChI=1S/C27H28N2O5/c1-16-14-29(15-17(2)33-16)26(30)18(3)34-27(31)24-21-8-4-5-9-23(21)28-25-19(10-11-22(24)25)13-20-7-6-12-32-20/h4-9,12-13,16-18H,10-11,14-15H2,1-3H3/b19-13+. The first-order valence-electron chi connectivity index (χ1n) is 11.7. The second kappa shape index (κ2) is 9.06. The van der Waals surface area contributed by atoms with Crippen LogP contribution >= 0.6 is 0 Å². The molecule has 2 aromatic heterocycles. The molecule has 1 saturated heterocycles. The molecule has 3 heterocycles. The van der Waals surface area contributed by atoms with Crippen molar-refractivity contribution in [3.05, 3.63) is 65.2 Å². The number of carbonyl (C=O) groups excluding carboxylic acids is 2. The number of benzene rings is 1. The number of esters is 1. The van der Waals surface area contributed by atoms with E-state index in [1.165, 1.54) is 0 Å². The van der Waals surface area contributed by atoms with Crippen LogP contribution in [0.25, 0.3) is 22.6 Å². The lowest BCUT2D eigenvalue weighted by molar-refractivity contribution is -0.151. The van der Waals surface area contributed by atoms with Gasteiger partial charge in [-0.15, -0.1) is 0 Å². The molecule has 34 heavy (non-hydrogen) atoms. The van der Waals surface area contributed by atoms with Crippen LogP contribution in [0.1, 0.15) is 54.6 Å². The maximum atomic E-state index is 13.5. The largest absolute Gasteiger partial charge is 0.465 e. The summed E-state index contributed by atoms with van der Waals surface area (Å²) in [5, 5.41) is 0.735. The number of para-hydroxylation sites is 1. The maximum Gasteiger partial charge on any atom is 0.339 e. The van der Waals surface area contributed by atoms with Gasteiger partial charge < -0.3 is 18.8 Å². The summed E-state index contributed by atoms with van der Waals surface area (Å²) >= 11 is 0. The smallest absolute Gasteiger partial charge is 0.339 e. The van der Waals surface area contributed by atoms with Gasteiger partial charge in [0, 0.05) is 18.5 Å². The lowest BCUT2D eigenvalue weighted by atomic mass is 10.0. The van der Waals surface area contributed by atoms with Crippen molar-refractivity contribution in [2.24, 2.45) is 0 Å². The Morgan fingerprint density at radius 1 is 1.12 bits per heavy atom. The van der Waals surface area contributed by atoms with Crippen LogP contribution in [0, 0.1) is 0 Å². The predicted octanol–water partition coefficient (Wildman–Crippen LogP) is 4.50. The lowest BCUT2D eigenvalue weighted by Crippen LogP contribution is -2.51. The Bertz CT molecular complexity index is 1250. The van der Waals surface area contributed by atoms with Crippen LogP contribution in [0.3, 0.4) is 0 Å². The number of aromatic nitrogens is 1. The van der Waals surface area contributed by atoms with Gasteiger partial charge in [0.05, 0.1) is 35.2 Å². The number of furan rings is 1. The molecule has 1 fully saturated rings. The van der Waals surface area contributed by atoms with Crippen molar-refractivity contribution in [2.45, 2.75) is 51.9 Å². The summed E-state index contributed by atoms with van der Waals surface area (Å²) in [6.45, 7) is 6.48. The Morgan fingerprint density at radius 3 is 2.62 bits per heavy atom. The zero-order valence-corrected chi connectivity index (χ0v) is 19.6. The summed E-state index contributed by atoms with van der Waals surface area (Å²) < 4.78 is 17.0. The summed E-state index contributed by atoms with van der Waals surface area (Å²) in [5.41, 5.74) is 3.87. The minimum atomic E-state index is -0.896. The summed E-state index contributed by atoms with van der Waals surface area (Å²) in [5.74, 6) is 0.0446. The Kier molecular flexibility index (Phi) is 5.96. The molecule has 1 amide bonds. The molecule has 7 heteroatoms. The molecule has 1 aliphatic heterocycles. The second-order valence-corrected chi connectivity index (χ2v) is 9.06. The van der Waals surface area contributed by atoms with Crippen LogP contribution in [0.4, 0.5) is 0 Å². The molecule has 3 aromatic rings. The van der Waals surface area contributed by atoms with Crippen LogP contribution in [0.2, 0.25) is 0 Å². The molecule has 0 N–H and O–H groups in total. The van der Waals surface area contributed by atoms with E-state index in [-0.39, 0.29) is 18.1 Å². The summed E-state index contributed by atoms with van der Waals surface area (Å²) in [7, 11) is 0. The van der Waals surface area contributed by atoms with Crippen molar-refractivity contribution < 1.29 is 23.5 Å². The van der Waals surface area contributed by atoms with Gasteiger partial charge in [-0.05, 0) is 69.0 Å². The molecule has 0 saturated carbocycles. The fourth-order valence-corrected chi connectivity index (χ4v) is 4.94. The number of amides is 1. The van der Waals surface area contributed by atoms with E-state index in [4.69, 9.17) is 18.9 Å². The Morgan fingerprint density at radius 2 is 1.88 bits per heavy atom. The zero-order valence-electron chi connectivity index (χ0n) is 19.6. The molecule has 0 radical (unpaired) electrons. The molecule has 3 unspecified atom stereocenters. The van der Waals surface area contributed by atoms with Crippen LogP contribution in [0.5, 0.6) is 0 Å². The van der Waals surface area contributed by atoms with Gasteiger partial charge >= 0.3 is 5.97 Å². The van der Waals surface area contributed by atoms with Crippen molar-refractivity contribution in [3.63, 3.8) is 0 Å². The van der Waals surface area contributed by atoms with Gasteiger partial charge in [0.2, 0.25) is 0 Å². The quantitative estimate of drug-likeness (QED) is 0.534. The second-order valence-electron chi connectivity index (χ2n) is 9.06. The van der Waals surface area contributed by atoms with E-state index < -0.39 is 12.1 Å².